The highest BCUT2D eigenvalue weighted by Crippen LogP contribution is 2.47. The fourth-order valence-electron chi connectivity index (χ4n) is 3.57. The van der Waals surface area contributed by atoms with E-state index in [0.717, 1.165) is 17.8 Å². The first-order chi connectivity index (χ1) is 6.05. The minimum atomic E-state index is 0.517. The average Bonchev–Trinajstić information content (AvgIpc) is 2.07. The Hall–Kier alpha value is 0.0649. The summed E-state index contributed by atoms with van der Waals surface area (Å²) in [7, 11) is 2.59. The smallest absolute Gasteiger partial charge is 0.0768 e. The van der Waals surface area contributed by atoms with Crippen LogP contribution in [0.15, 0.2) is 0 Å². The summed E-state index contributed by atoms with van der Waals surface area (Å²) in [6.07, 6.45) is 7.32. The molecule has 1 radical (unpaired) electrons. The van der Waals surface area contributed by atoms with Gasteiger partial charge in [0.1, 0.15) is 7.28 Å². The second-order valence-corrected chi connectivity index (χ2v) is 6.18. The summed E-state index contributed by atoms with van der Waals surface area (Å²) in [5.41, 5.74) is 0. The Kier molecular flexibility index (Phi) is 2.46. The van der Waals surface area contributed by atoms with Gasteiger partial charge in [-0.1, -0.05) is 38.8 Å². The molecule has 0 aromatic carbocycles. The molecule has 1 aliphatic carbocycles. The molecule has 0 spiro atoms. The van der Waals surface area contributed by atoms with Gasteiger partial charge >= 0.3 is 0 Å². The van der Waals surface area contributed by atoms with Crippen molar-refractivity contribution in [2.24, 2.45) is 17.8 Å². The molecule has 1 heterocycles. The summed E-state index contributed by atoms with van der Waals surface area (Å²) in [6, 6.07) is 0. The average molecular weight is 177 g/mol. The maximum Gasteiger partial charge on any atom is 0.117 e. The van der Waals surface area contributed by atoms with E-state index in [4.69, 9.17) is 0 Å². The summed E-state index contributed by atoms with van der Waals surface area (Å²) in [4.78, 5) is 0. The van der Waals surface area contributed by atoms with Crippen molar-refractivity contribution in [3.8, 4) is 0 Å². The van der Waals surface area contributed by atoms with E-state index in [1.54, 1.807) is 0 Å². The molecule has 0 nitrogen and oxygen atoms in total. The fraction of sp³-hybridized carbons (Fsp3) is 1.00. The van der Waals surface area contributed by atoms with Crippen molar-refractivity contribution < 1.29 is 0 Å². The number of rotatable bonds is 0. The zero-order valence-corrected chi connectivity index (χ0v) is 9.34. The third-order valence-electron chi connectivity index (χ3n) is 3.96. The zero-order valence-electron chi connectivity index (χ0n) is 9.34. The van der Waals surface area contributed by atoms with Gasteiger partial charge in [-0.25, -0.2) is 0 Å². The van der Waals surface area contributed by atoms with Gasteiger partial charge in [-0.05, 0) is 37.0 Å². The largest absolute Gasteiger partial charge is 0.117 e. The monoisotopic (exact) mass is 177 g/mol. The molecule has 2 bridgehead atoms. The van der Waals surface area contributed by atoms with Crippen molar-refractivity contribution in [3.63, 3.8) is 0 Å². The quantitative estimate of drug-likeness (QED) is 0.494. The lowest BCUT2D eigenvalue weighted by Crippen LogP contribution is -2.19. The predicted molar refractivity (Wildman–Crippen MR) is 59.2 cm³/mol. The van der Waals surface area contributed by atoms with Gasteiger partial charge in [-0.2, -0.15) is 0 Å². The van der Waals surface area contributed by atoms with Crippen LogP contribution in [0.5, 0.6) is 0 Å². The van der Waals surface area contributed by atoms with Crippen molar-refractivity contribution in [2.45, 2.75) is 58.1 Å². The first-order valence-electron chi connectivity index (χ1n) is 5.89. The third kappa shape index (κ3) is 2.30. The van der Waals surface area contributed by atoms with E-state index in [2.05, 4.69) is 28.1 Å². The SMILES string of the molecule is CC1CC2C[B]C(C)(C)CC(C1)C2. The van der Waals surface area contributed by atoms with Gasteiger partial charge in [0.25, 0.3) is 0 Å². The maximum absolute atomic E-state index is 2.59. The van der Waals surface area contributed by atoms with Crippen LogP contribution in [-0.4, -0.2) is 7.28 Å². The molecule has 1 saturated carbocycles. The summed E-state index contributed by atoms with van der Waals surface area (Å²) in [5, 5.41) is 0.517. The second kappa shape index (κ2) is 3.33. The molecule has 2 rings (SSSR count). The van der Waals surface area contributed by atoms with E-state index >= 15 is 0 Å². The number of fused-ring (bicyclic) bond motifs is 2. The topological polar surface area (TPSA) is 0 Å². The maximum atomic E-state index is 2.59. The lowest BCUT2D eigenvalue weighted by atomic mass is 9.50. The van der Waals surface area contributed by atoms with Crippen molar-refractivity contribution in [2.75, 3.05) is 0 Å². The lowest BCUT2D eigenvalue weighted by Gasteiger charge is -2.32. The van der Waals surface area contributed by atoms with Crippen molar-refractivity contribution >= 4 is 7.28 Å². The number of hydrogen-bond donors (Lipinski definition) is 0. The van der Waals surface area contributed by atoms with Crippen molar-refractivity contribution in [1.29, 1.82) is 0 Å². The van der Waals surface area contributed by atoms with Gasteiger partial charge in [0.15, 0.2) is 0 Å². The molecule has 0 amide bonds. The van der Waals surface area contributed by atoms with Crippen LogP contribution in [0.25, 0.3) is 0 Å². The Bertz CT molecular complexity index is 186. The molecule has 1 saturated heterocycles. The Morgan fingerprint density at radius 1 is 1.08 bits per heavy atom. The Balaban J connectivity index is 2.07. The van der Waals surface area contributed by atoms with E-state index in [-0.39, 0.29) is 0 Å². The summed E-state index contributed by atoms with van der Waals surface area (Å²) in [5.74, 6) is 3.05. The van der Waals surface area contributed by atoms with E-state index < -0.39 is 0 Å². The van der Waals surface area contributed by atoms with Crippen LogP contribution in [0.4, 0.5) is 0 Å². The van der Waals surface area contributed by atoms with Gasteiger partial charge in [-0.3, -0.25) is 0 Å². The summed E-state index contributed by atoms with van der Waals surface area (Å²) < 4.78 is 0. The molecule has 0 aromatic heterocycles. The van der Waals surface area contributed by atoms with Crippen LogP contribution in [0.2, 0.25) is 11.6 Å². The molecular weight excluding hydrogens is 155 g/mol. The van der Waals surface area contributed by atoms with Gasteiger partial charge < -0.3 is 0 Å². The Labute approximate surface area is 83.7 Å². The highest BCUT2D eigenvalue weighted by Gasteiger charge is 2.35. The Morgan fingerprint density at radius 2 is 1.77 bits per heavy atom. The first-order valence-corrected chi connectivity index (χ1v) is 5.89. The molecule has 2 fully saturated rings. The fourth-order valence-corrected chi connectivity index (χ4v) is 3.57. The van der Waals surface area contributed by atoms with E-state index in [0.29, 0.717) is 5.31 Å². The summed E-state index contributed by atoms with van der Waals surface area (Å²) >= 11 is 0. The molecule has 3 atom stereocenters. The predicted octanol–water partition coefficient (Wildman–Crippen LogP) is 3.76. The van der Waals surface area contributed by atoms with Crippen LogP contribution in [0.3, 0.4) is 0 Å². The standard InChI is InChI=1S/C12H22B/c1-9-4-10-6-11(5-9)8-13-12(2,3)7-10/h9-11H,4-8H2,1-3H3. The van der Waals surface area contributed by atoms with Crippen LogP contribution in [0, 0.1) is 17.8 Å². The lowest BCUT2D eigenvalue weighted by molar-refractivity contribution is 0.208. The molecule has 0 aromatic rings. The van der Waals surface area contributed by atoms with Gasteiger partial charge in [0.05, 0.1) is 0 Å². The van der Waals surface area contributed by atoms with Crippen LogP contribution < -0.4 is 0 Å². The van der Waals surface area contributed by atoms with Crippen molar-refractivity contribution in [1.82, 2.24) is 0 Å². The molecule has 73 valence electrons. The van der Waals surface area contributed by atoms with Crippen LogP contribution in [0.1, 0.15) is 46.5 Å². The zero-order chi connectivity index (χ0) is 9.47. The van der Waals surface area contributed by atoms with Crippen molar-refractivity contribution in [3.05, 3.63) is 0 Å². The van der Waals surface area contributed by atoms with Crippen LogP contribution in [-0.2, 0) is 0 Å². The summed E-state index contributed by atoms with van der Waals surface area (Å²) in [6.45, 7) is 7.27. The van der Waals surface area contributed by atoms with Crippen LogP contribution >= 0.6 is 0 Å². The van der Waals surface area contributed by atoms with Gasteiger partial charge in [-0.15, -0.1) is 0 Å². The molecule has 2 aliphatic rings. The molecular formula is C12H22B. The second-order valence-electron chi connectivity index (χ2n) is 6.18. The van der Waals surface area contributed by atoms with E-state index in [1.165, 1.54) is 32.0 Å². The molecule has 3 unspecified atom stereocenters. The van der Waals surface area contributed by atoms with E-state index in [9.17, 15) is 0 Å². The van der Waals surface area contributed by atoms with Gasteiger partial charge in [0.2, 0.25) is 0 Å². The Morgan fingerprint density at radius 3 is 2.54 bits per heavy atom. The molecule has 13 heavy (non-hydrogen) atoms. The number of hydrogen-bond acceptors (Lipinski definition) is 0. The first kappa shape index (κ1) is 9.61. The molecule has 0 N–H and O–H groups in total. The minimum absolute atomic E-state index is 0.517. The highest BCUT2D eigenvalue weighted by atomic mass is 14.3. The van der Waals surface area contributed by atoms with E-state index in [1.807, 2.05) is 0 Å². The molecule has 1 heteroatoms. The molecule has 1 aliphatic heterocycles. The minimum Gasteiger partial charge on any atom is -0.0768 e. The highest BCUT2D eigenvalue weighted by molar-refractivity contribution is 6.39. The third-order valence-corrected chi connectivity index (χ3v) is 3.96. The normalized spacial score (nSPS) is 43.5. The van der Waals surface area contributed by atoms with Gasteiger partial charge in [0, 0.05) is 0 Å².